The maximum absolute atomic E-state index is 12.7. The number of rotatable bonds is 1. The van der Waals surface area contributed by atoms with E-state index in [1.807, 2.05) is 43.3 Å². The van der Waals surface area contributed by atoms with Gasteiger partial charge in [0.2, 0.25) is 0 Å². The smallest absolute Gasteiger partial charge is 0.258 e. The normalized spacial score (nSPS) is 13.9. The summed E-state index contributed by atoms with van der Waals surface area (Å²) in [6.45, 7) is 2.62. The molecule has 0 bridgehead atoms. The summed E-state index contributed by atoms with van der Waals surface area (Å²) in [4.78, 5) is 14.4. The van der Waals surface area contributed by atoms with Crippen molar-refractivity contribution >= 4 is 11.6 Å². The van der Waals surface area contributed by atoms with Crippen molar-refractivity contribution in [3.63, 3.8) is 0 Å². The lowest BCUT2D eigenvalue weighted by Crippen LogP contribution is -2.35. The third kappa shape index (κ3) is 2.16. The van der Waals surface area contributed by atoms with Crippen molar-refractivity contribution in [3.05, 3.63) is 59.2 Å². The minimum Gasteiger partial charge on any atom is -0.506 e. The molecule has 1 amide bonds. The van der Waals surface area contributed by atoms with Crippen LogP contribution in [-0.4, -0.2) is 17.6 Å². The lowest BCUT2D eigenvalue weighted by molar-refractivity contribution is 0.0984. The van der Waals surface area contributed by atoms with E-state index in [0.29, 0.717) is 17.8 Å². The molecule has 0 spiro atoms. The van der Waals surface area contributed by atoms with Crippen LogP contribution in [-0.2, 0) is 6.42 Å². The first-order chi connectivity index (χ1) is 9.66. The molecule has 1 aliphatic heterocycles. The van der Waals surface area contributed by atoms with Crippen molar-refractivity contribution in [1.82, 2.24) is 0 Å². The molecular weight excluding hydrogens is 250 g/mol. The van der Waals surface area contributed by atoms with Gasteiger partial charge in [-0.05, 0) is 43.5 Å². The van der Waals surface area contributed by atoms with Crippen molar-refractivity contribution in [2.75, 3.05) is 11.4 Å². The van der Waals surface area contributed by atoms with E-state index in [0.717, 1.165) is 24.0 Å². The largest absolute Gasteiger partial charge is 0.506 e. The molecule has 3 rings (SSSR count). The molecule has 2 aromatic carbocycles. The van der Waals surface area contributed by atoms with Gasteiger partial charge in [0.15, 0.2) is 0 Å². The molecule has 0 unspecified atom stereocenters. The van der Waals surface area contributed by atoms with Gasteiger partial charge in [-0.2, -0.15) is 0 Å². The second kappa shape index (κ2) is 5.00. The van der Waals surface area contributed by atoms with Crippen LogP contribution in [0, 0.1) is 6.92 Å². The molecule has 102 valence electrons. The number of hydrogen-bond acceptors (Lipinski definition) is 2. The van der Waals surface area contributed by atoms with Crippen LogP contribution in [0.25, 0.3) is 0 Å². The number of phenols is 1. The highest BCUT2D eigenvalue weighted by atomic mass is 16.3. The molecule has 0 saturated carbocycles. The molecule has 1 heterocycles. The summed E-state index contributed by atoms with van der Waals surface area (Å²) in [6, 6.07) is 13.0. The Kier molecular flexibility index (Phi) is 3.18. The second-order valence-electron chi connectivity index (χ2n) is 5.21. The first-order valence-corrected chi connectivity index (χ1v) is 6.86. The molecule has 1 aliphatic rings. The van der Waals surface area contributed by atoms with Gasteiger partial charge in [-0.25, -0.2) is 0 Å². The Hall–Kier alpha value is -2.29. The summed E-state index contributed by atoms with van der Waals surface area (Å²) in [5.74, 6) is 0.138. The van der Waals surface area contributed by atoms with Gasteiger partial charge in [0.1, 0.15) is 5.75 Å². The molecule has 20 heavy (non-hydrogen) atoms. The fourth-order valence-electron chi connectivity index (χ4n) is 2.77. The van der Waals surface area contributed by atoms with Gasteiger partial charge in [0.25, 0.3) is 5.91 Å². The van der Waals surface area contributed by atoms with Crippen molar-refractivity contribution < 1.29 is 9.90 Å². The number of carbonyl (C=O) groups is 1. The Balaban J connectivity index is 2.03. The Labute approximate surface area is 118 Å². The Bertz CT molecular complexity index is 664. The minimum absolute atomic E-state index is 0.0452. The highest BCUT2D eigenvalue weighted by Gasteiger charge is 2.26. The van der Waals surface area contributed by atoms with E-state index in [4.69, 9.17) is 0 Å². The molecule has 1 N–H and O–H groups in total. The van der Waals surface area contributed by atoms with Gasteiger partial charge in [0.05, 0.1) is 5.69 Å². The van der Waals surface area contributed by atoms with Gasteiger partial charge < -0.3 is 10.0 Å². The first-order valence-electron chi connectivity index (χ1n) is 6.86. The first kappa shape index (κ1) is 12.7. The van der Waals surface area contributed by atoms with Crippen LogP contribution in [0.15, 0.2) is 42.5 Å². The van der Waals surface area contributed by atoms with E-state index < -0.39 is 0 Å². The van der Waals surface area contributed by atoms with Crippen molar-refractivity contribution in [2.45, 2.75) is 19.8 Å². The Morgan fingerprint density at radius 1 is 1.20 bits per heavy atom. The Morgan fingerprint density at radius 3 is 2.80 bits per heavy atom. The summed E-state index contributed by atoms with van der Waals surface area (Å²) in [7, 11) is 0. The molecule has 0 radical (unpaired) electrons. The maximum atomic E-state index is 12.7. The number of fused-ring (bicyclic) bond motifs is 1. The number of para-hydroxylation sites is 1. The third-order valence-corrected chi connectivity index (χ3v) is 3.71. The zero-order valence-corrected chi connectivity index (χ0v) is 11.5. The number of carbonyl (C=O) groups excluding carboxylic acids is 1. The number of nitrogens with zero attached hydrogens (tertiary/aromatic N) is 1. The number of phenolic OH excluding ortho intramolecular Hbond substituents is 1. The average Bonchev–Trinajstić information content (AvgIpc) is 2.46. The van der Waals surface area contributed by atoms with E-state index in [1.165, 1.54) is 0 Å². The van der Waals surface area contributed by atoms with Gasteiger partial charge >= 0.3 is 0 Å². The van der Waals surface area contributed by atoms with Crippen LogP contribution < -0.4 is 4.90 Å². The van der Waals surface area contributed by atoms with Crippen LogP contribution in [0.3, 0.4) is 0 Å². The average molecular weight is 267 g/mol. The zero-order chi connectivity index (χ0) is 14.1. The lowest BCUT2D eigenvalue weighted by atomic mass is 10.00. The summed E-state index contributed by atoms with van der Waals surface area (Å²) >= 11 is 0. The highest BCUT2D eigenvalue weighted by molar-refractivity contribution is 6.07. The summed E-state index contributed by atoms with van der Waals surface area (Å²) < 4.78 is 0. The fraction of sp³-hybridized carbons (Fsp3) is 0.235. The van der Waals surface area contributed by atoms with E-state index in [1.54, 1.807) is 11.0 Å². The molecule has 2 aromatic rings. The van der Waals surface area contributed by atoms with Crippen LogP contribution in [0.1, 0.15) is 27.9 Å². The van der Waals surface area contributed by atoms with E-state index in [2.05, 4.69) is 0 Å². The van der Waals surface area contributed by atoms with Crippen molar-refractivity contribution in [2.24, 2.45) is 0 Å². The molecule has 0 aromatic heterocycles. The number of amides is 1. The van der Waals surface area contributed by atoms with E-state index in [-0.39, 0.29) is 11.7 Å². The molecule has 3 heteroatoms. The number of benzene rings is 2. The van der Waals surface area contributed by atoms with E-state index >= 15 is 0 Å². The number of hydrogen-bond donors (Lipinski definition) is 1. The van der Waals surface area contributed by atoms with Crippen molar-refractivity contribution in [1.29, 1.82) is 0 Å². The molecule has 0 atom stereocenters. The topological polar surface area (TPSA) is 40.5 Å². The minimum atomic E-state index is -0.0452. The van der Waals surface area contributed by atoms with Gasteiger partial charge in [0, 0.05) is 12.1 Å². The molecule has 0 saturated heterocycles. The van der Waals surface area contributed by atoms with Gasteiger partial charge in [-0.3, -0.25) is 4.79 Å². The van der Waals surface area contributed by atoms with E-state index in [9.17, 15) is 9.90 Å². The quantitative estimate of drug-likeness (QED) is 0.861. The van der Waals surface area contributed by atoms with Crippen molar-refractivity contribution in [3.8, 4) is 5.75 Å². The van der Waals surface area contributed by atoms with Crippen LogP contribution >= 0.6 is 0 Å². The fourth-order valence-corrected chi connectivity index (χ4v) is 2.77. The highest BCUT2D eigenvalue weighted by Crippen LogP contribution is 2.36. The zero-order valence-electron chi connectivity index (χ0n) is 11.5. The maximum Gasteiger partial charge on any atom is 0.258 e. The number of aryl methyl sites for hydroxylation is 2. The predicted molar refractivity (Wildman–Crippen MR) is 79.3 cm³/mol. The number of aromatic hydroxyl groups is 1. The van der Waals surface area contributed by atoms with Crippen LogP contribution in [0.4, 0.5) is 5.69 Å². The monoisotopic (exact) mass is 267 g/mol. The summed E-state index contributed by atoms with van der Waals surface area (Å²) in [5, 5.41) is 10.1. The van der Waals surface area contributed by atoms with Gasteiger partial charge in [-0.1, -0.05) is 29.8 Å². The molecular formula is C17H17NO2. The predicted octanol–water partition coefficient (Wildman–Crippen LogP) is 3.29. The van der Waals surface area contributed by atoms with Gasteiger partial charge in [-0.15, -0.1) is 0 Å². The molecule has 0 aliphatic carbocycles. The molecule has 3 nitrogen and oxygen atoms in total. The lowest BCUT2D eigenvalue weighted by Gasteiger charge is -2.30. The summed E-state index contributed by atoms with van der Waals surface area (Å²) in [6.07, 6.45) is 1.83. The Morgan fingerprint density at radius 2 is 2.00 bits per heavy atom. The third-order valence-electron chi connectivity index (χ3n) is 3.71. The second-order valence-corrected chi connectivity index (χ2v) is 5.21. The summed E-state index contributed by atoms with van der Waals surface area (Å²) in [5.41, 5.74) is 3.44. The standard InChI is InChI=1S/C17H17NO2/c1-12-5-2-7-14(11-12)17(20)18-10-4-8-13-6-3-9-15(19)16(13)18/h2-3,5-7,9,11,19H,4,8,10H2,1H3. The number of anilines is 1. The van der Waals surface area contributed by atoms with Crippen LogP contribution in [0.5, 0.6) is 5.75 Å². The molecule has 0 fully saturated rings. The SMILES string of the molecule is Cc1cccc(C(=O)N2CCCc3cccc(O)c32)c1. The van der Waals surface area contributed by atoms with Crippen LogP contribution in [0.2, 0.25) is 0 Å².